The summed E-state index contributed by atoms with van der Waals surface area (Å²) in [6, 6.07) is 32.0. The number of carboxylic acids is 2. The van der Waals surface area contributed by atoms with Crippen molar-refractivity contribution in [1.82, 2.24) is 9.97 Å². The van der Waals surface area contributed by atoms with Crippen LogP contribution in [0.4, 0.5) is 11.4 Å². The van der Waals surface area contributed by atoms with Crippen molar-refractivity contribution in [3.8, 4) is 33.9 Å². The summed E-state index contributed by atoms with van der Waals surface area (Å²) in [6.07, 6.45) is 0. The van der Waals surface area contributed by atoms with Crippen LogP contribution in [0.25, 0.3) is 33.9 Å². The van der Waals surface area contributed by atoms with Gasteiger partial charge in [-0.25, -0.2) is 29.4 Å². The molecular formula is C40H22N4O8. The van der Waals surface area contributed by atoms with E-state index in [4.69, 9.17) is 9.97 Å². The molecule has 0 spiro atoms. The molecule has 0 saturated carbocycles. The Morgan fingerprint density at radius 2 is 0.846 bits per heavy atom. The number of aromatic nitrogens is 2. The Morgan fingerprint density at radius 3 is 1.29 bits per heavy atom. The zero-order valence-electron chi connectivity index (χ0n) is 26.7. The average Bonchev–Trinajstić information content (AvgIpc) is 3.57. The number of hydrogen-bond acceptors (Lipinski definition) is 8. The molecule has 12 heteroatoms. The first-order valence-electron chi connectivity index (χ1n) is 15.8. The van der Waals surface area contributed by atoms with Crippen molar-refractivity contribution >= 4 is 46.9 Å². The fourth-order valence-corrected chi connectivity index (χ4v) is 6.24. The Bertz CT molecular complexity index is 2390. The number of aromatic carboxylic acids is 2. The van der Waals surface area contributed by atoms with Gasteiger partial charge in [0.15, 0.2) is 5.82 Å². The number of carboxylic acid groups (broad SMARTS) is 2. The van der Waals surface area contributed by atoms with Crippen molar-refractivity contribution in [2.24, 2.45) is 0 Å². The molecule has 8 rings (SSSR count). The van der Waals surface area contributed by atoms with E-state index in [1.165, 1.54) is 36.4 Å². The van der Waals surface area contributed by atoms with Crippen LogP contribution in [0.3, 0.4) is 0 Å². The van der Waals surface area contributed by atoms with Crippen molar-refractivity contribution in [2.75, 3.05) is 9.80 Å². The number of fused-ring (bicyclic) bond motifs is 2. The molecule has 1 aromatic heterocycles. The highest BCUT2D eigenvalue weighted by atomic mass is 16.4. The van der Waals surface area contributed by atoms with Crippen LogP contribution in [0.15, 0.2) is 121 Å². The second-order valence-electron chi connectivity index (χ2n) is 11.9. The predicted molar refractivity (Wildman–Crippen MR) is 187 cm³/mol. The van der Waals surface area contributed by atoms with Gasteiger partial charge in [-0.1, -0.05) is 42.5 Å². The number of carbonyl (C=O) groups is 6. The standard InChI is InChI=1S/C40H22N4O8/c45-35-28-16-10-24(39(49)50)18-30(28)37(47)43(35)26-12-6-22(7-13-26)33-20-32(21-4-2-1-3-5-21)41-34(42-33)23-8-14-27(15-9-23)44-36(46)29-17-11-25(40(51)52)19-31(29)38(44)48/h1-20H,(H,49,50)(H,51,52). The van der Waals surface area contributed by atoms with Crippen LogP contribution in [0, 0.1) is 0 Å². The quantitative estimate of drug-likeness (QED) is 0.177. The summed E-state index contributed by atoms with van der Waals surface area (Å²) in [4.78, 5) is 87.2. The normalized spacial score (nSPS) is 13.4. The molecule has 12 nitrogen and oxygen atoms in total. The Balaban J connectivity index is 1.12. The summed E-state index contributed by atoms with van der Waals surface area (Å²) in [7, 11) is 0. The molecule has 0 saturated heterocycles. The van der Waals surface area contributed by atoms with Gasteiger partial charge in [-0.15, -0.1) is 0 Å². The highest BCUT2D eigenvalue weighted by Crippen LogP contribution is 2.34. The van der Waals surface area contributed by atoms with Gasteiger partial charge in [0.05, 0.1) is 56.1 Å². The molecule has 6 aromatic rings. The third-order valence-electron chi connectivity index (χ3n) is 8.87. The molecule has 0 atom stereocenters. The third kappa shape index (κ3) is 5.18. The summed E-state index contributed by atoms with van der Waals surface area (Å²) in [5, 5.41) is 18.7. The van der Waals surface area contributed by atoms with E-state index in [0.29, 0.717) is 34.0 Å². The molecule has 3 heterocycles. The molecular weight excluding hydrogens is 664 g/mol. The van der Waals surface area contributed by atoms with Crippen molar-refractivity contribution < 1.29 is 39.0 Å². The van der Waals surface area contributed by atoms with Crippen LogP contribution in [-0.2, 0) is 0 Å². The topological polar surface area (TPSA) is 175 Å². The van der Waals surface area contributed by atoms with Crippen molar-refractivity contribution in [2.45, 2.75) is 0 Å². The van der Waals surface area contributed by atoms with Crippen LogP contribution < -0.4 is 9.80 Å². The zero-order valence-corrected chi connectivity index (χ0v) is 26.7. The fourth-order valence-electron chi connectivity index (χ4n) is 6.24. The molecule has 0 radical (unpaired) electrons. The molecule has 0 unspecified atom stereocenters. The lowest BCUT2D eigenvalue weighted by molar-refractivity contribution is 0.0686. The molecule has 4 amide bonds. The monoisotopic (exact) mass is 686 g/mol. The molecule has 250 valence electrons. The summed E-state index contributed by atoms with van der Waals surface area (Å²) in [6.45, 7) is 0. The van der Waals surface area contributed by atoms with E-state index in [9.17, 15) is 39.0 Å². The van der Waals surface area contributed by atoms with E-state index in [-0.39, 0.29) is 39.1 Å². The Hall–Kier alpha value is -7.60. The van der Waals surface area contributed by atoms with Gasteiger partial charge in [0.2, 0.25) is 0 Å². The van der Waals surface area contributed by atoms with Crippen LogP contribution in [-0.4, -0.2) is 55.7 Å². The van der Waals surface area contributed by atoms with Crippen molar-refractivity contribution in [3.63, 3.8) is 0 Å². The summed E-state index contributed by atoms with van der Waals surface area (Å²) in [5.41, 5.74) is 3.84. The van der Waals surface area contributed by atoms with Crippen molar-refractivity contribution in [1.29, 1.82) is 0 Å². The van der Waals surface area contributed by atoms with Crippen LogP contribution in [0.1, 0.15) is 62.1 Å². The first kappa shape index (κ1) is 31.7. The third-order valence-corrected chi connectivity index (χ3v) is 8.87. The van der Waals surface area contributed by atoms with Gasteiger partial charge >= 0.3 is 11.9 Å². The lowest BCUT2D eigenvalue weighted by atomic mass is 10.1. The minimum atomic E-state index is -1.21. The maximum Gasteiger partial charge on any atom is 0.335 e. The Kier molecular flexibility index (Phi) is 7.35. The van der Waals surface area contributed by atoms with E-state index in [1.807, 2.05) is 36.4 Å². The van der Waals surface area contributed by atoms with Crippen LogP contribution in [0.2, 0.25) is 0 Å². The molecule has 0 aliphatic carbocycles. The summed E-state index contributed by atoms with van der Waals surface area (Å²) < 4.78 is 0. The van der Waals surface area contributed by atoms with Crippen LogP contribution >= 0.6 is 0 Å². The maximum absolute atomic E-state index is 13.2. The zero-order chi connectivity index (χ0) is 36.3. The first-order valence-corrected chi connectivity index (χ1v) is 15.8. The lowest BCUT2D eigenvalue weighted by Crippen LogP contribution is -2.29. The second-order valence-corrected chi connectivity index (χ2v) is 11.9. The average molecular weight is 687 g/mol. The number of carbonyl (C=O) groups excluding carboxylic acids is 4. The highest BCUT2D eigenvalue weighted by molar-refractivity contribution is 6.35. The number of nitrogens with zero attached hydrogens (tertiary/aromatic N) is 4. The molecule has 52 heavy (non-hydrogen) atoms. The molecule has 0 fully saturated rings. The highest BCUT2D eigenvalue weighted by Gasteiger charge is 2.38. The fraction of sp³-hybridized carbons (Fsp3) is 0. The largest absolute Gasteiger partial charge is 0.478 e. The van der Waals surface area contributed by atoms with Gasteiger partial charge < -0.3 is 10.2 Å². The minimum Gasteiger partial charge on any atom is -0.478 e. The number of rotatable bonds is 7. The molecule has 0 bridgehead atoms. The van der Waals surface area contributed by atoms with Gasteiger partial charge in [-0.2, -0.15) is 0 Å². The van der Waals surface area contributed by atoms with E-state index in [2.05, 4.69) is 0 Å². The van der Waals surface area contributed by atoms with Crippen molar-refractivity contribution in [3.05, 3.63) is 155 Å². The molecule has 2 N–H and O–H groups in total. The van der Waals surface area contributed by atoms with Crippen LogP contribution in [0.5, 0.6) is 0 Å². The van der Waals surface area contributed by atoms with E-state index in [1.54, 1.807) is 48.5 Å². The first-order chi connectivity index (χ1) is 25.1. The number of benzene rings is 5. The molecule has 2 aliphatic heterocycles. The van der Waals surface area contributed by atoms with Gasteiger partial charge in [-0.3, -0.25) is 19.2 Å². The Morgan fingerprint density at radius 1 is 0.442 bits per heavy atom. The van der Waals surface area contributed by atoms with Gasteiger partial charge in [-0.05, 0) is 78.9 Å². The van der Waals surface area contributed by atoms with E-state index in [0.717, 1.165) is 15.4 Å². The SMILES string of the molecule is O=C(O)c1ccc2c(c1)C(=O)N(c1ccc(-c3cc(-c4ccccc4)nc(-c4ccc(N5C(=O)c6ccc(C(=O)O)cc6C5=O)cc4)n3)cc1)C2=O. The number of imide groups is 2. The molecule has 2 aliphatic rings. The summed E-state index contributed by atoms with van der Waals surface area (Å²) in [5.74, 6) is -4.45. The van der Waals surface area contributed by atoms with E-state index < -0.39 is 35.6 Å². The number of amides is 4. The van der Waals surface area contributed by atoms with Gasteiger partial charge in [0.1, 0.15) is 0 Å². The second kappa shape index (κ2) is 12.1. The minimum absolute atomic E-state index is 0.0128. The maximum atomic E-state index is 13.2. The summed E-state index contributed by atoms with van der Waals surface area (Å²) >= 11 is 0. The smallest absolute Gasteiger partial charge is 0.335 e. The molecule has 5 aromatic carbocycles. The Labute approximate surface area is 293 Å². The van der Waals surface area contributed by atoms with Gasteiger partial charge in [0.25, 0.3) is 23.6 Å². The van der Waals surface area contributed by atoms with Gasteiger partial charge in [0, 0.05) is 16.7 Å². The lowest BCUT2D eigenvalue weighted by Gasteiger charge is -2.15. The predicted octanol–water partition coefficient (Wildman–Crippen LogP) is 6.48. The number of hydrogen-bond donors (Lipinski definition) is 2. The van der Waals surface area contributed by atoms with E-state index >= 15 is 0 Å². The number of anilines is 2.